The van der Waals surface area contributed by atoms with E-state index < -0.39 is 18.3 Å². The SMILES string of the molecule is N=C(CO)Cc1cc(C(F)(F)F)cc[n+]1[O-]. The highest BCUT2D eigenvalue weighted by molar-refractivity contribution is 5.83. The number of aliphatic hydroxyl groups is 1. The molecule has 1 heterocycles. The zero-order valence-electron chi connectivity index (χ0n) is 8.08. The first-order valence-corrected chi connectivity index (χ1v) is 4.31. The van der Waals surface area contributed by atoms with Gasteiger partial charge in [0.25, 0.3) is 0 Å². The molecule has 0 unspecified atom stereocenters. The molecule has 0 aliphatic carbocycles. The van der Waals surface area contributed by atoms with Gasteiger partial charge in [0.05, 0.1) is 18.6 Å². The van der Waals surface area contributed by atoms with E-state index in [1.54, 1.807) is 0 Å². The number of nitrogens with one attached hydrogen (secondary N) is 1. The quantitative estimate of drug-likeness (QED) is 0.463. The summed E-state index contributed by atoms with van der Waals surface area (Å²) in [6.07, 6.45) is -4.09. The Hall–Kier alpha value is -1.63. The van der Waals surface area contributed by atoms with E-state index in [1.807, 2.05) is 0 Å². The third-order valence-electron chi connectivity index (χ3n) is 1.91. The van der Waals surface area contributed by atoms with Crippen LogP contribution in [0.15, 0.2) is 18.3 Å². The number of hydrogen-bond donors (Lipinski definition) is 2. The number of nitrogens with zero attached hydrogens (tertiary/aromatic N) is 1. The molecule has 0 saturated carbocycles. The Morgan fingerprint density at radius 3 is 2.62 bits per heavy atom. The molecule has 1 rings (SSSR count). The van der Waals surface area contributed by atoms with Crippen LogP contribution in [0.25, 0.3) is 0 Å². The first-order valence-electron chi connectivity index (χ1n) is 4.31. The molecule has 88 valence electrons. The molecule has 0 atom stereocenters. The van der Waals surface area contributed by atoms with Crippen molar-refractivity contribution in [2.24, 2.45) is 0 Å². The van der Waals surface area contributed by atoms with Crippen molar-refractivity contribution in [2.45, 2.75) is 12.6 Å². The zero-order chi connectivity index (χ0) is 12.3. The van der Waals surface area contributed by atoms with Gasteiger partial charge >= 0.3 is 6.18 Å². The van der Waals surface area contributed by atoms with Gasteiger partial charge in [0, 0.05) is 17.8 Å². The highest BCUT2D eigenvalue weighted by atomic mass is 19.4. The second kappa shape index (κ2) is 4.48. The van der Waals surface area contributed by atoms with Crippen molar-refractivity contribution in [2.75, 3.05) is 6.61 Å². The fourth-order valence-electron chi connectivity index (χ4n) is 1.11. The maximum absolute atomic E-state index is 12.3. The maximum atomic E-state index is 12.3. The van der Waals surface area contributed by atoms with E-state index in [9.17, 15) is 18.4 Å². The van der Waals surface area contributed by atoms with Crippen LogP contribution in [0.3, 0.4) is 0 Å². The molecule has 4 nitrogen and oxygen atoms in total. The number of aromatic nitrogens is 1. The molecule has 0 aromatic carbocycles. The summed E-state index contributed by atoms with van der Waals surface area (Å²) < 4.78 is 37.2. The van der Waals surface area contributed by atoms with Gasteiger partial charge in [-0.3, -0.25) is 0 Å². The van der Waals surface area contributed by atoms with E-state index >= 15 is 0 Å². The Kier molecular flexibility index (Phi) is 3.48. The minimum absolute atomic E-state index is 0.214. The summed E-state index contributed by atoms with van der Waals surface area (Å²) in [6.45, 7) is -0.587. The van der Waals surface area contributed by atoms with Gasteiger partial charge in [-0.25, -0.2) is 0 Å². The fourth-order valence-corrected chi connectivity index (χ4v) is 1.11. The predicted octanol–water partition coefficient (Wildman–Crippen LogP) is 0.893. The van der Waals surface area contributed by atoms with Gasteiger partial charge in [0.15, 0.2) is 11.9 Å². The lowest BCUT2D eigenvalue weighted by molar-refractivity contribution is -0.613. The summed E-state index contributed by atoms with van der Waals surface area (Å²) in [7, 11) is 0. The normalized spacial score (nSPS) is 11.5. The number of pyridine rings is 1. The lowest BCUT2D eigenvalue weighted by Crippen LogP contribution is -2.33. The van der Waals surface area contributed by atoms with Crippen molar-refractivity contribution >= 4 is 5.71 Å². The van der Waals surface area contributed by atoms with Crippen molar-refractivity contribution in [3.05, 3.63) is 34.8 Å². The standard InChI is InChI=1S/C9H9F3N2O2/c10-9(11,12)6-1-2-14(16)8(3-6)4-7(13)5-15/h1-3,13,15H,4-5H2. The van der Waals surface area contributed by atoms with Crippen molar-refractivity contribution in [1.82, 2.24) is 0 Å². The van der Waals surface area contributed by atoms with Gasteiger partial charge in [-0.1, -0.05) is 0 Å². The lowest BCUT2D eigenvalue weighted by Gasteiger charge is -2.09. The highest BCUT2D eigenvalue weighted by Crippen LogP contribution is 2.28. The summed E-state index contributed by atoms with van der Waals surface area (Å²) in [5, 5.41) is 26.8. The highest BCUT2D eigenvalue weighted by Gasteiger charge is 2.32. The average Bonchev–Trinajstić information content (AvgIpc) is 2.19. The molecule has 0 spiro atoms. The lowest BCUT2D eigenvalue weighted by atomic mass is 10.1. The van der Waals surface area contributed by atoms with Crippen LogP contribution in [0.5, 0.6) is 0 Å². The van der Waals surface area contributed by atoms with Gasteiger partial charge in [-0.15, -0.1) is 0 Å². The Labute approximate surface area is 89.0 Å². The fraction of sp³-hybridized carbons (Fsp3) is 0.333. The molecule has 1 aromatic heterocycles. The van der Waals surface area contributed by atoms with Gasteiger partial charge in [0.1, 0.15) is 0 Å². The molecule has 16 heavy (non-hydrogen) atoms. The molecule has 0 amide bonds. The zero-order valence-corrected chi connectivity index (χ0v) is 8.08. The van der Waals surface area contributed by atoms with Crippen LogP contribution in [0.4, 0.5) is 13.2 Å². The second-order valence-electron chi connectivity index (χ2n) is 3.17. The smallest absolute Gasteiger partial charge is 0.416 e. The first-order chi connectivity index (χ1) is 7.34. The number of aliphatic hydroxyl groups excluding tert-OH is 1. The number of halogens is 3. The van der Waals surface area contributed by atoms with E-state index in [4.69, 9.17) is 10.5 Å². The molecule has 0 fully saturated rings. The maximum Gasteiger partial charge on any atom is 0.416 e. The molecule has 2 N–H and O–H groups in total. The van der Waals surface area contributed by atoms with Crippen LogP contribution < -0.4 is 4.73 Å². The largest absolute Gasteiger partial charge is 0.618 e. The van der Waals surface area contributed by atoms with E-state index in [0.717, 1.165) is 6.20 Å². The Morgan fingerprint density at radius 2 is 2.12 bits per heavy atom. The third-order valence-corrected chi connectivity index (χ3v) is 1.91. The molecule has 0 aliphatic heterocycles. The monoisotopic (exact) mass is 234 g/mol. The van der Waals surface area contributed by atoms with Crippen molar-refractivity contribution < 1.29 is 23.0 Å². The topological polar surface area (TPSA) is 71.0 Å². The van der Waals surface area contributed by atoms with Gasteiger partial charge in [-0.05, 0) is 0 Å². The van der Waals surface area contributed by atoms with Crippen LogP contribution >= 0.6 is 0 Å². The summed E-state index contributed by atoms with van der Waals surface area (Å²) in [4.78, 5) is 0. The van der Waals surface area contributed by atoms with Crippen LogP contribution in [0, 0.1) is 10.6 Å². The molecule has 0 radical (unpaired) electrons. The van der Waals surface area contributed by atoms with E-state index in [0.29, 0.717) is 12.1 Å². The average molecular weight is 234 g/mol. The van der Waals surface area contributed by atoms with Crippen molar-refractivity contribution in [3.8, 4) is 0 Å². The molecule has 1 aromatic rings. The Morgan fingerprint density at radius 1 is 1.50 bits per heavy atom. The molecule has 0 bridgehead atoms. The van der Waals surface area contributed by atoms with Crippen molar-refractivity contribution in [1.29, 1.82) is 5.41 Å². The summed E-state index contributed by atoms with van der Waals surface area (Å²) >= 11 is 0. The minimum atomic E-state index is -4.52. The van der Waals surface area contributed by atoms with E-state index in [1.165, 1.54) is 0 Å². The molecular weight excluding hydrogens is 225 g/mol. The van der Waals surface area contributed by atoms with Gasteiger partial charge in [0.2, 0.25) is 0 Å². The molecule has 0 aliphatic rings. The number of alkyl halides is 3. The summed E-state index contributed by atoms with van der Waals surface area (Å²) in [5.74, 6) is 0. The van der Waals surface area contributed by atoms with Gasteiger partial charge < -0.3 is 15.7 Å². The second-order valence-corrected chi connectivity index (χ2v) is 3.17. The van der Waals surface area contributed by atoms with Crippen LogP contribution in [0.1, 0.15) is 11.3 Å². The van der Waals surface area contributed by atoms with Gasteiger partial charge in [-0.2, -0.15) is 17.9 Å². The molecule has 0 saturated heterocycles. The Bertz CT molecular complexity index is 404. The summed E-state index contributed by atoms with van der Waals surface area (Å²) in [5.41, 5.74) is -1.38. The predicted molar refractivity (Wildman–Crippen MR) is 48.9 cm³/mol. The third kappa shape index (κ3) is 2.93. The number of hydrogen-bond acceptors (Lipinski definition) is 3. The van der Waals surface area contributed by atoms with Crippen LogP contribution in [0.2, 0.25) is 0 Å². The van der Waals surface area contributed by atoms with Crippen molar-refractivity contribution in [3.63, 3.8) is 0 Å². The Balaban J connectivity index is 3.04. The number of rotatable bonds is 3. The minimum Gasteiger partial charge on any atom is -0.618 e. The van der Waals surface area contributed by atoms with E-state index in [-0.39, 0.29) is 22.6 Å². The summed E-state index contributed by atoms with van der Waals surface area (Å²) in [6, 6.07) is 1.34. The first kappa shape index (κ1) is 12.4. The van der Waals surface area contributed by atoms with Crippen LogP contribution in [-0.4, -0.2) is 17.4 Å². The van der Waals surface area contributed by atoms with Crippen LogP contribution in [-0.2, 0) is 12.6 Å². The molecule has 7 heteroatoms. The van der Waals surface area contributed by atoms with E-state index in [2.05, 4.69) is 0 Å². The molecular formula is C9H9F3N2O2.